The van der Waals surface area contributed by atoms with Crippen LogP contribution in [0.3, 0.4) is 0 Å². The minimum atomic E-state index is 0.450. The standard InChI is InChI=1S/C11H18N2/c1-3-11(13-2)10-6-4-5-9(7-10)8-12/h4-7,11,13H,3,8,12H2,1-2H3. The summed E-state index contributed by atoms with van der Waals surface area (Å²) < 4.78 is 0. The summed E-state index contributed by atoms with van der Waals surface area (Å²) in [6, 6.07) is 8.89. The summed E-state index contributed by atoms with van der Waals surface area (Å²) >= 11 is 0. The Morgan fingerprint density at radius 3 is 2.77 bits per heavy atom. The number of nitrogens with two attached hydrogens (primary N) is 1. The van der Waals surface area contributed by atoms with Crippen LogP contribution in [-0.2, 0) is 6.54 Å². The van der Waals surface area contributed by atoms with E-state index < -0.39 is 0 Å². The molecule has 0 aliphatic carbocycles. The van der Waals surface area contributed by atoms with E-state index in [4.69, 9.17) is 5.73 Å². The van der Waals surface area contributed by atoms with Gasteiger partial charge in [-0.3, -0.25) is 0 Å². The molecule has 1 atom stereocenters. The molecule has 72 valence electrons. The molecule has 0 amide bonds. The Kier molecular flexibility index (Phi) is 3.93. The fourth-order valence-electron chi connectivity index (χ4n) is 1.54. The van der Waals surface area contributed by atoms with Crippen molar-refractivity contribution in [3.8, 4) is 0 Å². The second-order valence-corrected chi connectivity index (χ2v) is 3.20. The highest BCUT2D eigenvalue weighted by Crippen LogP contribution is 2.16. The highest BCUT2D eigenvalue weighted by molar-refractivity contribution is 5.25. The van der Waals surface area contributed by atoms with Gasteiger partial charge in [-0.25, -0.2) is 0 Å². The van der Waals surface area contributed by atoms with Crippen molar-refractivity contribution in [2.24, 2.45) is 5.73 Å². The first-order chi connectivity index (χ1) is 6.31. The molecule has 0 radical (unpaired) electrons. The van der Waals surface area contributed by atoms with E-state index in [9.17, 15) is 0 Å². The first-order valence-corrected chi connectivity index (χ1v) is 4.78. The molecule has 0 saturated carbocycles. The molecule has 2 nitrogen and oxygen atoms in total. The van der Waals surface area contributed by atoms with E-state index in [0.717, 1.165) is 6.42 Å². The predicted molar refractivity (Wildman–Crippen MR) is 56.4 cm³/mol. The van der Waals surface area contributed by atoms with Gasteiger partial charge < -0.3 is 11.1 Å². The Bertz CT molecular complexity index is 254. The summed E-state index contributed by atoms with van der Waals surface area (Å²) in [6.45, 7) is 2.80. The van der Waals surface area contributed by atoms with E-state index in [-0.39, 0.29) is 0 Å². The Balaban J connectivity index is 2.86. The molecular weight excluding hydrogens is 160 g/mol. The Morgan fingerprint density at radius 1 is 1.46 bits per heavy atom. The van der Waals surface area contributed by atoms with Crippen LogP contribution in [0.15, 0.2) is 24.3 Å². The lowest BCUT2D eigenvalue weighted by molar-refractivity contribution is 0.576. The molecule has 1 unspecified atom stereocenters. The van der Waals surface area contributed by atoms with Crippen LogP contribution in [0, 0.1) is 0 Å². The maximum atomic E-state index is 5.58. The van der Waals surface area contributed by atoms with Gasteiger partial charge in [-0.1, -0.05) is 31.2 Å². The molecule has 1 aromatic carbocycles. The summed E-state index contributed by atoms with van der Waals surface area (Å²) in [6.07, 6.45) is 1.10. The van der Waals surface area contributed by atoms with Crippen molar-refractivity contribution in [2.75, 3.05) is 7.05 Å². The van der Waals surface area contributed by atoms with E-state index in [0.29, 0.717) is 12.6 Å². The van der Waals surface area contributed by atoms with Gasteiger partial charge in [0.2, 0.25) is 0 Å². The van der Waals surface area contributed by atoms with Crippen LogP contribution in [0.4, 0.5) is 0 Å². The Morgan fingerprint density at radius 2 is 2.23 bits per heavy atom. The van der Waals surface area contributed by atoms with E-state index in [2.05, 4.69) is 36.5 Å². The highest BCUT2D eigenvalue weighted by atomic mass is 14.9. The van der Waals surface area contributed by atoms with Gasteiger partial charge in [0.1, 0.15) is 0 Å². The molecule has 0 spiro atoms. The van der Waals surface area contributed by atoms with Crippen LogP contribution >= 0.6 is 0 Å². The molecule has 1 aromatic rings. The van der Waals surface area contributed by atoms with Gasteiger partial charge in [-0.05, 0) is 24.6 Å². The molecule has 0 saturated heterocycles. The lowest BCUT2D eigenvalue weighted by atomic mass is 10.0. The zero-order valence-corrected chi connectivity index (χ0v) is 8.38. The monoisotopic (exact) mass is 178 g/mol. The first kappa shape index (κ1) is 10.2. The molecule has 0 bridgehead atoms. The average Bonchev–Trinajstić information content (AvgIpc) is 2.20. The molecule has 1 rings (SSSR count). The molecule has 2 heteroatoms. The van der Waals surface area contributed by atoms with Gasteiger partial charge in [0, 0.05) is 12.6 Å². The molecule has 0 aromatic heterocycles. The fraction of sp³-hybridized carbons (Fsp3) is 0.455. The molecule has 0 aliphatic rings. The first-order valence-electron chi connectivity index (χ1n) is 4.78. The van der Waals surface area contributed by atoms with Gasteiger partial charge in [-0.2, -0.15) is 0 Å². The maximum absolute atomic E-state index is 5.58. The molecule has 0 fully saturated rings. The van der Waals surface area contributed by atoms with Gasteiger partial charge in [0.05, 0.1) is 0 Å². The van der Waals surface area contributed by atoms with E-state index >= 15 is 0 Å². The summed E-state index contributed by atoms with van der Waals surface area (Å²) in [4.78, 5) is 0. The number of benzene rings is 1. The molecule has 3 N–H and O–H groups in total. The van der Waals surface area contributed by atoms with Crippen molar-refractivity contribution < 1.29 is 0 Å². The van der Waals surface area contributed by atoms with Crippen molar-refractivity contribution in [2.45, 2.75) is 25.9 Å². The predicted octanol–water partition coefficient (Wildman–Crippen LogP) is 1.82. The topological polar surface area (TPSA) is 38.0 Å². The average molecular weight is 178 g/mol. The quantitative estimate of drug-likeness (QED) is 0.738. The van der Waals surface area contributed by atoms with Gasteiger partial charge >= 0.3 is 0 Å². The normalized spacial score (nSPS) is 12.8. The maximum Gasteiger partial charge on any atom is 0.0314 e. The minimum absolute atomic E-state index is 0.450. The zero-order chi connectivity index (χ0) is 9.68. The number of hydrogen-bond acceptors (Lipinski definition) is 2. The second-order valence-electron chi connectivity index (χ2n) is 3.20. The van der Waals surface area contributed by atoms with Crippen LogP contribution in [-0.4, -0.2) is 7.05 Å². The fourth-order valence-corrected chi connectivity index (χ4v) is 1.54. The Hall–Kier alpha value is -0.860. The summed E-state index contributed by atoms with van der Waals surface area (Å²) in [5, 5.41) is 3.28. The third-order valence-electron chi connectivity index (χ3n) is 2.35. The van der Waals surface area contributed by atoms with E-state index in [1.165, 1.54) is 11.1 Å². The highest BCUT2D eigenvalue weighted by Gasteiger charge is 2.05. The van der Waals surface area contributed by atoms with Crippen molar-refractivity contribution in [3.63, 3.8) is 0 Å². The van der Waals surface area contributed by atoms with Crippen LogP contribution in [0.2, 0.25) is 0 Å². The SMILES string of the molecule is CCC(NC)c1cccc(CN)c1. The second kappa shape index (κ2) is 5.00. The third-order valence-corrected chi connectivity index (χ3v) is 2.35. The number of rotatable bonds is 4. The lowest BCUT2D eigenvalue weighted by Crippen LogP contribution is -2.15. The van der Waals surface area contributed by atoms with E-state index in [1.807, 2.05) is 7.05 Å². The van der Waals surface area contributed by atoms with Crippen LogP contribution in [0.5, 0.6) is 0 Å². The third kappa shape index (κ3) is 2.54. The lowest BCUT2D eigenvalue weighted by Gasteiger charge is -2.14. The number of nitrogens with one attached hydrogen (secondary N) is 1. The number of hydrogen-bond donors (Lipinski definition) is 2. The largest absolute Gasteiger partial charge is 0.326 e. The Labute approximate surface area is 80.1 Å². The van der Waals surface area contributed by atoms with Crippen LogP contribution in [0.1, 0.15) is 30.5 Å². The summed E-state index contributed by atoms with van der Waals surface area (Å²) in [5.41, 5.74) is 8.11. The summed E-state index contributed by atoms with van der Waals surface area (Å²) in [7, 11) is 1.99. The smallest absolute Gasteiger partial charge is 0.0314 e. The molecule has 0 heterocycles. The van der Waals surface area contributed by atoms with Gasteiger partial charge in [-0.15, -0.1) is 0 Å². The van der Waals surface area contributed by atoms with Crippen molar-refractivity contribution in [1.82, 2.24) is 5.32 Å². The van der Waals surface area contributed by atoms with Crippen molar-refractivity contribution in [1.29, 1.82) is 0 Å². The molecule has 13 heavy (non-hydrogen) atoms. The zero-order valence-electron chi connectivity index (χ0n) is 8.38. The van der Waals surface area contributed by atoms with Gasteiger partial charge in [0.25, 0.3) is 0 Å². The minimum Gasteiger partial charge on any atom is -0.326 e. The van der Waals surface area contributed by atoms with Crippen molar-refractivity contribution >= 4 is 0 Å². The summed E-state index contributed by atoms with van der Waals surface area (Å²) in [5.74, 6) is 0. The molecular formula is C11H18N2. The van der Waals surface area contributed by atoms with Crippen LogP contribution < -0.4 is 11.1 Å². The van der Waals surface area contributed by atoms with Crippen molar-refractivity contribution in [3.05, 3.63) is 35.4 Å². The van der Waals surface area contributed by atoms with Crippen LogP contribution in [0.25, 0.3) is 0 Å². The molecule has 0 aliphatic heterocycles. The van der Waals surface area contributed by atoms with Gasteiger partial charge in [0.15, 0.2) is 0 Å². The van der Waals surface area contributed by atoms with E-state index in [1.54, 1.807) is 0 Å².